The number of benzene rings is 1. The summed E-state index contributed by atoms with van der Waals surface area (Å²) in [5.74, 6) is -0.855. The van der Waals surface area contributed by atoms with E-state index in [-0.39, 0.29) is 6.61 Å². The maximum absolute atomic E-state index is 12.5. The number of unbranched alkanes of at least 4 members (excludes halogenated alkanes) is 6. The number of ether oxygens (including phenoxy) is 4. The second-order valence-corrected chi connectivity index (χ2v) is 8.46. The van der Waals surface area contributed by atoms with Crippen molar-refractivity contribution in [2.45, 2.75) is 77.6 Å². The zero-order valence-electron chi connectivity index (χ0n) is 19.3. The molecule has 0 radical (unpaired) electrons. The summed E-state index contributed by atoms with van der Waals surface area (Å²) in [5, 5.41) is 0. The maximum atomic E-state index is 12.5. The van der Waals surface area contributed by atoms with Crippen LogP contribution >= 0.6 is 0 Å². The predicted octanol–water partition coefficient (Wildman–Crippen LogP) is 5.33. The van der Waals surface area contributed by atoms with Gasteiger partial charge in [-0.25, -0.2) is 14.8 Å². The highest BCUT2D eigenvalue weighted by atomic mass is 16.8. The van der Waals surface area contributed by atoms with Gasteiger partial charge in [-0.1, -0.05) is 63.6 Å². The van der Waals surface area contributed by atoms with Crippen LogP contribution in [0.1, 0.15) is 65.7 Å². The third kappa shape index (κ3) is 7.28. The lowest BCUT2D eigenvalue weighted by Crippen LogP contribution is -2.30. The molecule has 2 heterocycles. The molecule has 0 bridgehead atoms. The van der Waals surface area contributed by atoms with Crippen molar-refractivity contribution < 1.29 is 23.7 Å². The molecular weight excluding hydrogens is 408 g/mol. The molecule has 0 spiro atoms. The number of carbonyl (C=O) groups excluding carboxylic acids is 1. The van der Waals surface area contributed by atoms with Crippen LogP contribution in [0.15, 0.2) is 36.7 Å². The SMILES string of the molecule is CCCCCCCCCOc1ncc(-c2ccccc2OC(=O)[C@H]2COC(C)(C)O2)cn1. The highest BCUT2D eigenvalue weighted by Gasteiger charge is 2.38. The highest BCUT2D eigenvalue weighted by molar-refractivity contribution is 5.81. The van der Waals surface area contributed by atoms with Gasteiger partial charge in [0.05, 0.1) is 13.2 Å². The zero-order valence-corrected chi connectivity index (χ0v) is 19.3. The summed E-state index contributed by atoms with van der Waals surface area (Å²) in [6.07, 6.45) is 11.2. The van der Waals surface area contributed by atoms with Crippen molar-refractivity contribution in [2.24, 2.45) is 0 Å². The van der Waals surface area contributed by atoms with E-state index in [9.17, 15) is 4.79 Å². The largest absolute Gasteiger partial charge is 0.463 e. The van der Waals surface area contributed by atoms with Crippen molar-refractivity contribution in [2.75, 3.05) is 13.2 Å². The Bertz CT molecular complexity index is 854. The van der Waals surface area contributed by atoms with Gasteiger partial charge in [-0.15, -0.1) is 0 Å². The van der Waals surface area contributed by atoms with E-state index in [0.29, 0.717) is 18.4 Å². The summed E-state index contributed by atoms with van der Waals surface area (Å²) in [7, 11) is 0. The third-order valence-electron chi connectivity index (χ3n) is 5.29. The highest BCUT2D eigenvalue weighted by Crippen LogP contribution is 2.31. The van der Waals surface area contributed by atoms with E-state index >= 15 is 0 Å². The minimum atomic E-state index is -0.790. The number of para-hydroxylation sites is 1. The van der Waals surface area contributed by atoms with Crippen LogP contribution in [0.2, 0.25) is 0 Å². The summed E-state index contributed by atoms with van der Waals surface area (Å²) in [5.41, 5.74) is 1.46. The van der Waals surface area contributed by atoms with Crippen LogP contribution in [0.25, 0.3) is 11.1 Å². The lowest BCUT2D eigenvalue weighted by molar-refractivity contribution is -0.162. The lowest BCUT2D eigenvalue weighted by Gasteiger charge is -2.17. The van der Waals surface area contributed by atoms with Crippen molar-refractivity contribution in [3.63, 3.8) is 0 Å². The maximum Gasteiger partial charge on any atom is 0.343 e. The number of carbonyl (C=O) groups is 1. The van der Waals surface area contributed by atoms with Gasteiger partial charge in [0.1, 0.15) is 5.75 Å². The van der Waals surface area contributed by atoms with Crippen LogP contribution < -0.4 is 9.47 Å². The quantitative estimate of drug-likeness (QED) is 0.250. The normalized spacial score (nSPS) is 17.3. The van der Waals surface area contributed by atoms with Gasteiger partial charge in [0.15, 0.2) is 11.9 Å². The molecule has 1 saturated heterocycles. The smallest absolute Gasteiger partial charge is 0.343 e. The van der Waals surface area contributed by atoms with E-state index in [1.807, 2.05) is 18.2 Å². The molecule has 2 aromatic rings. The molecule has 0 N–H and O–H groups in total. The monoisotopic (exact) mass is 442 g/mol. The summed E-state index contributed by atoms with van der Waals surface area (Å²) >= 11 is 0. The molecule has 1 atom stereocenters. The van der Waals surface area contributed by atoms with Gasteiger partial charge >= 0.3 is 12.0 Å². The lowest BCUT2D eigenvalue weighted by atomic mass is 10.1. The van der Waals surface area contributed by atoms with E-state index in [1.165, 1.54) is 32.1 Å². The van der Waals surface area contributed by atoms with Crippen LogP contribution in [0.3, 0.4) is 0 Å². The zero-order chi connectivity index (χ0) is 22.8. The Hall–Kier alpha value is -2.51. The second kappa shape index (κ2) is 11.9. The molecule has 1 fully saturated rings. The Kier molecular flexibility index (Phi) is 9.00. The number of esters is 1. The van der Waals surface area contributed by atoms with Gasteiger partial charge in [0, 0.05) is 23.5 Å². The molecule has 0 aliphatic carbocycles. The van der Waals surface area contributed by atoms with Gasteiger partial charge in [0.25, 0.3) is 0 Å². The van der Waals surface area contributed by atoms with Gasteiger partial charge in [-0.3, -0.25) is 0 Å². The first kappa shape index (κ1) is 24.1. The molecule has 0 saturated carbocycles. The molecule has 7 nitrogen and oxygen atoms in total. The summed E-state index contributed by atoms with van der Waals surface area (Å²) < 4.78 is 22.3. The van der Waals surface area contributed by atoms with Crippen LogP contribution in [0.5, 0.6) is 11.8 Å². The van der Waals surface area contributed by atoms with Crippen molar-refractivity contribution >= 4 is 5.97 Å². The summed E-state index contributed by atoms with van der Waals surface area (Å²) in [6.45, 7) is 6.54. The molecule has 1 aromatic carbocycles. The number of nitrogens with zero attached hydrogens (tertiary/aromatic N) is 2. The van der Waals surface area contributed by atoms with E-state index in [0.717, 1.165) is 24.0 Å². The van der Waals surface area contributed by atoms with Gasteiger partial charge in [-0.2, -0.15) is 0 Å². The first-order valence-corrected chi connectivity index (χ1v) is 11.6. The molecule has 174 valence electrons. The first-order chi connectivity index (χ1) is 15.5. The van der Waals surface area contributed by atoms with Crippen LogP contribution in [-0.4, -0.2) is 41.0 Å². The molecule has 0 unspecified atom stereocenters. The van der Waals surface area contributed by atoms with Crippen molar-refractivity contribution in [1.82, 2.24) is 9.97 Å². The van der Waals surface area contributed by atoms with Crippen molar-refractivity contribution in [3.8, 4) is 22.9 Å². The number of rotatable bonds is 12. The Morgan fingerprint density at radius 1 is 1.06 bits per heavy atom. The fourth-order valence-electron chi connectivity index (χ4n) is 3.52. The molecule has 3 rings (SSSR count). The van der Waals surface area contributed by atoms with E-state index in [2.05, 4.69) is 16.9 Å². The second-order valence-electron chi connectivity index (χ2n) is 8.46. The first-order valence-electron chi connectivity index (χ1n) is 11.6. The minimum absolute atomic E-state index is 0.169. The van der Waals surface area contributed by atoms with Gasteiger partial charge in [-0.05, 0) is 26.3 Å². The average molecular weight is 443 g/mol. The van der Waals surface area contributed by atoms with Gasteiger partial charge < -0.3 is 18.9 Å². The Morgan fingerprint density at radius 2 is 1.75 bits per heavy atom. The summed E-state index contributed by atoms with van der Waals surface area (Å²) in [4.78, 5) is 21.1. The van der Waals surface area contributed by atoms with Crippen molar-refractivity contribution in [1.29, 1.82) is 0 Å². The molecule has 0 amide bonds. The Balaban J connectivity index is 1.51. The number of hydrogen-bond acceptors (Lipinski definition) is 7. The van der Waals surface area contributed by atoms with Crippen LogP contribution in [0.4, 0.5) is 0 Å². The molecule has 1 aromatic heterocycles. The fraction of sp³-hybridized carbons (Fsp3) is 0.560. The van der Waals surface area contributed by atoms with Gasteiger partial charge in [0.2, 0.25) is 0 Å². The van der Waals surface area contributed by atoms with Crippen LogP contribution in [0, 0.1) is 0 Å². The average Bonchev–Trinajstić information content (AvgIpc) is 3.16. The van der Waals surface area contributed by atoms with E-state index in [1.54, 1.807) is 32.3 Å². The molecule has 1 aliphatic rings. The fourth-order valence-corrected chi connectivity index (χ4v) is 3.52. The molecule has 32 heavy (non-hydrogen) atoms. The summed E-state index contributed by atoms with van der Waals surface area (Å²) in [6, 6.07) is 7.63. The Morgan fingerprint density at radius 3 is 2.44 bits per heavy atom. The minimum Gasteiger partial charge on any atom is -0.463 e. The van der Waals surface area contributed by atoms with E-state index in [4.69, 9.17) is 18.9 Å². The number of hydrogen-bond donors (Lipinski definition) is 0. The predicted molar refractivity (Wildman–Crippen MR) is 121 cm³/mol. The van der Waals surface area contributed by atoms with Crippen molar-refractivity contribution in [3.05, 3.63) is 36.7 Å². The molecule has 7 heteroatoms. The van der Waals surface area contributed by atoms with E-state index < -0.39 is 17.9 Å². The molecule has 1 aliphatic heterocycles. The Labute approximate surface area is 190 Å². The standard InChI is InChI=1S/C25H34N2O5/c1-4-5-6-7-8-9-12-15-29-24-26-16-19(17-27-24)20-13-10-11-14-21(20)31-23(28)22-18-30-25(2,3)32-22/h10-11,13-14,16-17,22H,4-9,12,15,18H2,1-3H3/t22-/m1/s1. The topological polar surface area (TPSA) is 79.8 Å². The third-order valence-corrected chi connectivity index (χ3v) is 5.29. The number of aromatic nitrogens is 2. The molecular formula is C25H34N2O5. The van der Waals surface area contributed by atoms with Crippen LogP contribution in [-0.2, 0) is 14.3 Å².